The topological polar surface area (TPSA) is 160 Å². The molecule has 16 heteroatoms. The number of nitrogens with one attached hydrogen (secondary N) is 3. The summed E-state index contributed by atoms with van der Waals surface area (Å²) in [5, 5.41) is 15.3. The van der Waals surface area contributed by atoms with E-state index in [2.05, 4.69) is 15.3 Å². The maximum atomic E-state index is 13.1. The van der Waals surface area contributed by atoms with Crippen molar-refractivity contribution in [3.8, 4) is 11.5 Å². The van der Waals surface area contributed by atoms with Crippen molar-refractivity contribution in [2.45, 2.75) is 36.4 Å². The summed E-state index contributed by atoms with van der Waals surface area (Å²) >= 11 is 0. The van der Waals surface area contributed by atoms with E-state index < -0.39 is 44.2 Å². The fourth-order valence-electron chi connectivity index (χ4n) is 4.63. The van der Waals surface area contributed by atoms with Crippen molar-refractivity contribution in [1.82, 2.24) is 19.6 Å². The number of amides is 1. The van der Waals surface area contributed by atoms with Gasteiger partial charge in [0.05, 0.1) is 28.1 Å². The predicted molar refractivity (Wildman–Crippen MR) is 154 cm³/mol. The number of benzene rings is 2. The molecule has 5 rings (SSSR count). The van der Waals surface area contributed by atoms with Crippen LogP contribution in [0.15, 0.2) is 71.9 Å². The van der Waals surface area contributed by atoms with E-state index in [4.69, 9.17) is 4.74 Å². The van der Waals surface area contributed by atoms with Gasteiger partial charge >= 0.3 is 6.18 Å². The quantitative estimate of drug-likeness (QED) is 0.102. The maximum Gasteiger partial charge on any atom is 0.401 e. The van der Waals surface area contributed by atoms with Gasteiger partial charge in [0.1, 0.15) is 22.8 Å². The van der Waals surface area contributed by atoms with E-state index >= 15 is 0 Å². The zero-order valence-corrected chi connectivity index (χ0v) is 23.8. The number of nitro groups is 1. The van der Waals surface area contributed by atoms with Gasteiger partial charge in [0.15, 0.2) is 0 Å². The molecule has 2 heterocycles. The Hall–Kier alpha value is -4.70. The van der Waals surface area contributed by atoms with Crippen molar-refractivity contribution in [2.24, 2.45) is 0 Å². The van der Waals surface area contributed by atoms with E-state index in [9.17, 15) is 36.5 Å². The van der Waals surface area contributed by atoms with Crippen molar-refractivity contribution in [3.63, 3.8) is 0 Å². The van der Waals surface area contributed by atoms with Crippen LogP contribution >= 0.6 is 0 Å². The summed E-state index contributed by atoms with van der Waals surface area (Å²) in [4.78, 5) is 32.0. The van der Waals surface area contributed by atoms with Crippen LogP contribution in [-0.2, 0) is 10.0 Å². The molecule has 0 unspecified atom stereocenters. The smallest absolute Gasteiger partial charge is 0.401 e. The highest BCUT2D eigenvalue weighted by molar-refractivity contribution is 7.90. The largest absolute Gasteiger partial charge is 0.455 e. The number of alkyl halides is 3. The summed E-state index contributed by atoms with van der Waals surface area (Å²) in [6.45, 7) is -0.757. The highest BCUT2D eigenvalue weighted by atomic mass is 32.2. The number of aromatic amines is 1. The summed E-state index contributed by atoms with van der Waals surface area (Å²) in [6.07, 6.45) is 0.479. The van der Waals surface area contributed by atoms with E-state index in [1.165, 1.54) is 35.4 Å². The number of nitro benzene ring substituents is 1. The molecule has 1 fully saturated rings. The summed E-state index contributed by atoms with van der Waals surface area (Å²) in [5.41, 5.74) is -0.0680. The van der Waals surface area contributed by atoms with Gasteiger partial charge in [0.2, 0.25) is 0 Å². The van der Waals surface area contributed by atoms with Gasteiger partial charge in [-0.2, -0.15) is 13.2 Å². The maximum absolute atomic E-state index is 13.1. The molecular formula is C28H27F3N6O6S. The molecule has 1 aliphatic rings. The molecule has 3 N–H and O–H groups in total. The van der Waals surface area contributed by atoms with Crippen LogP contribution < -0.4 is 14.8 Å². The molecule has 0 atom stereocenters. The third-order valence-electron chi connectivity index (χ3n) is 6.82. The lowest BCUT2D eigenvalue weighted by Crippen LogP contribution is -2.37. The molecule has 232 valence electrons. The van der Waals surface area contributed by atoms with Gasteiger partial charge < -0.3 is 15.0 Å². The number of nitrogens with zero attached hydrogens (tertiary/aromatic N) is 3. The van der Waals surface area contributed by atoms with Gasteiger partial charge in [-0.25, -0.2) is 18.1 Å². The van der Waals surface area contributed by atoms with Crippen LogP contribution in [0.1, 0.15) is 29.6 Å². The average Bonchev–Trinajstić information content (AvgIpc) is 3.71. The van der Waals surface area contributed by atoms with Crippen molar-refractivity contribution < 1.29 is 36.0 Å². The van der Waals surface area contributed by atoms with Crippen LogP contribution in [0.5, 0.6) is 11.5 Å². The third-order valence-corrected chi connectivity index (χ3v) is 8.15. The fraction of sp³-hybridized carbons (Fsp3) is 0.286. The van der Waals surface area contributed by atoms with Gasteiger partial charge in [-0.3, -0.25) is 19.8 Å². The molecule has 0 spiro atoms. The van der Waals surface area contributed by atoms with Gasteiger partial charge in [-0.1, -0.05) is 12.1 Å². The first kappa shape index (κ1) is 30.7. The molecule has 2 aromatic heterocycles. The monoisotopic (exact) mass is 632 g/mol. The number of para-hydroxylation sites is 1. The van der Waals surface area contributed by atoms with Crippen molar-refractivity contribution >= 4 is 38.3 Å². The van der Waals surface area contributed by atoms with Gasteiger partial charge in [-0.05, 0) is 55.7 Å². The standard InChI is InChI=1S/C28H27F3N6O6S/c29-28(30,31)17-36(19-6-7-19)13-3-11-32-23-9-8-21(15-24(23)37(39)40)44(41,42)35-27(38)22-4-1-2-5-25(22)43-20-14-18-10-12-33-26(18)34-16-20/h1-2,4-5,8-10,12,14-16,19,32H,3,6-7,11,13,17H2,(H,33,34)(H,35,38). The Bertz CT molecular complexity index is 1790. The van der Waals surface area contributed by atoms with E-state index in [1.807, 2.05) is 4.72 Å². The Kier molecular flexibility index (Phi) is 8.73. The number of rotatable bonds is 13. The zero-order chi connectivity index (χ0) is 31.5. The van der Waals surface area contributed by atoms with Crippen LogP contribution in [0.4, 0.5) is 24.5 Å². The Balaban J connectivity index is 1.25. The molecule has 2 aromatic carbocycles. The Morgan fingerprint density at radius 1 is 1.16 bits per heavy atom. The first-order chi connectivity index (χ1) is 20.9. The van der Waals surface area contributed by atoms with Crippen LogP contribution in [0.3, 0.4) is 0 Å². The summed E-state index contributed by atoms with van der Waals surface area (Å²) < 4.78 is 72.4. The lowest BCUT2D eigenvalue weighted by Gasteiger charge is -2.23. The zero-order valence-electron chi connectivity index (χ0n) is 23.0. The van der Waals surface area contributed by atoms with Gasteiger partial charge in [-0.15, -0.1) is 0 Å². The number of sulfonamides is 1. The minimum Gasteiger partial charge on any atom is -0.455 e. The molecule has 1 saturated carbocycles. The number of hydrogen-bond acceptors (Lipinski definition) is 9. The Morgan fingerprint density at radius 2 is 1.93 bits per heavy atom. The molecule has 1 aliphatic carbocycles. The van der Waals surface area contributed by atoms with E-state index in [1.54, 1.807) is 24.4 Å². The second-order valence-electron chi connectivity index (χ2n) is 10.2. The summed E-state index contributed by atoms with van der Waals surface area (Å²) in [7, 11) is -4.56. The first-order valence-corrected chi connectivity index (χ1v) is 15.0. The van der Waals surface area contributed by atoms with E-state index in [0.717, 1.165) is 17.5 Å². The SMILES string of the molecule is O=C(NS(=O)(=O)c1ccc(NCCCN(CC(F)(F)F)C2CC2)c([N+](=O)[O-])c1)c1ccccc1Oc1cnc2[nH]ccc2c1. The molecule has 1 amide bonds. The van der Waals surface area contributed by atoms with E-state index in [0.29, 0.717) is 24.2 Å². The lowest BCUT2D eigenvalue weighted by molar-refractivity contribution is -0.384. The Morgan fingerprint density at radius 3 is 2.66 bits per heavy atom. The highest BCUT2D eigenvalue weighted by Gasteiger charge is 2.37. The predicted octanol–water partition coefficient (Wildman–Crippen LogP) is 5.21. The van der Waals surface area contributed by atoms with Crippen LogP contribution in [0.25, 0.3) is 11.0 Å². The molecule has 0 aliphatic heterocycles. The second-order valence-corrected chi connectivity index (χ2v) is 11.8. The number of anilines is 1. The Labute approximate surface area is 249 Å². The molecule has 12 nitrogen and oxygen atoms in total. The van der Waals surface area contributed by atoms with Crippen molar-refractivity contribution in [1.29, 1.82) is 0 Å². The highest BCUT2D eigenvalue weighted by Crippen LogP contribution is 2.31. The number of hydrogen-bond donors (Lipinski definition) is 3. The average molecular weight is 633 g/mol. The van der Waals surface area contributed by atoms with Crippen LogP contribution in [0.2, 0.25) is 0 Å². The number of carbonyl (C=O) groups excluding carboxylic acids is 1. The first-order valence-electron chi connectivity index (χ1n) is 13.5. The number of aromatic nitrogens is 2. The number of halogens is 3. The van der Waals surface area contributed by atoms with Crippen molar-refractivity contribution in [2.75, 3.05) is 25.0 Å². The van der Waals surface area contributed by atoms with Crippen molar-refractivity contribution in [3.05, 3.63) is 82.7 Å². The van der Waals surface area contributed by atoms with Crippen LogP contribution in [0, 0.1) is 10.1 Å². The van der Waals surface area contributed by atoms with Crippen LogP contribution in [-0.4, -0.2) is 66.0 Å². The fourth-order valence-corrected chi connectivity index (χ4v) is 5.61. The molecule has 0 radical (unpaired) electrons. The molecular weight excluding hydrogens is 605 g/mol. The number of fused-ring (bicyclic) bond motifs is 1. The second kappa shape index (κ2) is 12.5. The number of H-pyrrole nitrogens is 1. The number of ether oxygens (including phenoxy) is 1. The summed E-state index contributed by atoms with van der Waals surface area (Å²) in [5.74, 6) is -0.669. The van der Waals surface area contributed by atoms with Gasteiger partial charge in [0, 0.05) is 36.8 Å². The molecule has 0 saturated heterocycles. The normalized spacial score (nSPS) is 13.6. The van der Waals surface area contributed by atoms with E-state index in [-0.39, 0.29) is 42.6 Å². The summed E-state index contributed by atoms with van der Waals surface area (Å²) in [6, 6.07) is 12.4. The number of pyridine rings is 1. The molecule has 4 aromatic rings. The number of carbonyl (C=O) groups is 1. The molecule has 0 bridgehead atoms. The molecule has 44 heavy (non-hydrogen) atoms. The van der Waals surface area contributed by atoms with Gasteiger partial charge in [0.25, 0.3) is 21.6 Å². The minimum absolute atomic E-state index is 0.0131. The third kappa shape index (κ3) is 7.62. The minimum atomic E-state index is -4.56. The lowest BCUT2D eigenvalue weighted by atomic mass is 10.2.